The zero-order chi connectivity index (χ0) is 22.6. The molecule has 0 spiro atoms. The maximum atomic E-state index is 13.4. The molecule has 1 aliphatic carbocycles. The van der Waals surface area contributed by atoms with Crippen LogP contribution in [-0.2, 0) is 9.59 Å². The molecule has 3 rings (SSSR count). The van der Waals surface area contributed by atoms with E-state index in [4.69, 9.17) is 10.5 Å². The van der Waals surface area contributed by atoms with Gasteiger partial charge in [0.15, 0.2) is 6.61 Å². The summed E-state index contributed by atoms with van der Waals surface area (Å²) in [4.78, 5) is 43.4. The van der Waals surface area contributed by atoms with Crippen LogP contribution in [0.2, 0.25) is 0 Å². The van der Waals surface area contributed by atoms with E-state index in [0.717, 1.165) is 12.8 Å². The van der Waals surface area contributed by atoms with E-state index in [1.807, 2.05) is 20.8 Å². The summed E-state index contributed by atoms with van der Waals surface area (Å²) in [5.74, 6) is -0.622. The van der Waals surface area contributed by atoms with Crippen LogP contribution in [0.1, 0.15) is 55.6 Å². The number of benzene rings is 1. The highest BCUT2D eigenvalue weighted by molar-refractivity contribution is 5.98. The second kappa shape index (κ2) is 9.16. The number of carbonyl (C=O) groups excluding carboxylic acids is 3. The van der Waals surface area contributed by atoms with Gasteiger partial charge in [-0.25, -0.2) is 0 Å². The first kappa shape index (κ1) is 22.3. The summed E-state index contributed by atoms with van der Waals surface area (Å²) in [5, 5.41) is 3.00. The summed E-state index contributed by atoms with van der Waals surface area (Å²) in [6.45, 7) is 5.45. The third-order valence-corrected chi connectivity index (χ3v) is 4.68. The van der Waals surface area contributed by atoms with Crippen LogP contribution in [0.5, 0.6) is 5.75 Å². The fraction of sp³-hybridized carbons (Fsp3) is 0.391. The molecule has 0 aliphatic heterocycles. The smallest absolute Gasteiger partial charge is 0.256 e. The topological polar surface area (TPSA) is 115 Å². The van der Waals surface area contributed by atoms with Gasteiger partial charge in [0.2, 0.25) is 5.91 Å². The van der Waals surface area contributed by atoms with Crippen LogP contribution < -0.4 is 15.8 Å². The number of nitrogens with one attached hydrogen (secondary N) is 1. The normalized spacial score (nSPS) is 14.4. The predicted molar refractivity (Wildman–Crippen MR) is 115 cm³/mol. The zero-order valence-corrected chi connectivity index (χ0v) is 18.0. The van der Waals surface area contributed by atoms with Gasteiger partial charge < -0.3 is 20.7 Å². The minimum absolute atomic E-state index is 0.0192. The van der Waals surface area contributed by atoms with Crippen molar-refractivity contribution >= 4 is 17.7 Å². The van der Waals surface area contributed by atoms with Crippen molar-refractivity contribution in [1.82, 2.24) is 15.2 Å². The van der Waals surface area contributed by atoms with Gasteiger partial charge in [0.1, 0.15) is 11.8 Å². The Morgan fingerprint density at radius 1 is 1.19 bits per heavy atom. The average molecular weight is 425 g/mol. The maximum Gasteiger partial charge on any atom is 0.256 e. The largest absolute Gasteiger partial charge is 0.484 e. The molecule has 0 bridgehead atoms. The molecule has 1 aromatic heterocycles. The number of hydrogen-bond acceptors (Lipinski definition) is 5. The van der Waals surface area contributed by atoms with Crippen molar-refractivity contribution in [2.75, 3.05) is 6.61 Å². The minimum atomic E-state index is -0.815. The molecule has 0 radical (unpaired) electrons. The van der Waals surface area contributed by atoms with Gasteiger partial charge in [-0.2, -0.15) is 0 Å². The van der Waals surface area contributed by atoms with Crippen LogP contribution in [0, 0.1) is 0 Å². The molecule has 1 fully saturated rings. The van der Waals surface area contributed by atoms with E-state index in [-0.39, 0.29) is 24.5 Å². The van der Waals surface area contributed by atoms with Gasteiger partial charge in [-0.3, -0.25) is 19.4 Å². The Balaban J connectivity index is 1.96. The lowest BCUT2D eigenvalue weighted by Gasteiger charge is -2.34. The van der Waals surface area contributed by atoms with Gasteiger partial charge in [-0.15, -0.1) is 0 Å². The molecule has 1 aromatic carbocycles. The molecule has 0 saturated heterocycles. The number of aromatic nitrogens is 1. The standard InChI is InChI=1S/C23H28N4O4/c1-23(2,3)26-21(29)20(15-6-10-18(11-7-15)31-14-19(24)28)27(17-8-9-17)22(30)16-5-4-12-25-13-16/h4-7,10-13,17,20H,8-9,14H2,1-3H3,(H2,24,28)(H,26,29)/t20-/m0/s1. The minimum Gasteiger partial charge on any atom is -0.484 e. The predicted octanol–water partition coefficient (Wildman–Crippen LogP) is 2.21. The number of hydrogen-bond donors (Lipinski definition) is 2. The van der Waals surface area contributed by atoms with Gasteiger partial charge in [0, 0.05) is 24.0 Å². The van der Waals surface area contributed by atoms with Crippen LogP contribution in [0.3, 0.4) is 0 Å². The maximum absolute atomic E-state index is 13.4. The molecule has 3 amide bonds. The first-order valence-electron chi connectivity index (χ1n) is 10.2. The highest BCUT2D eigenvalue weighted by atomic mass is 16.5. The quantitative estimate of drug-likeness (QED) is 0.674. The van der Waals surface area contributed by atoms with Gasteiger partial charge in [-0.05, 0) is 63.4 Å². The van der Waals surface area contributed by atoms with E-state index in [9.17, 15) is 14.4 Å². The summed E-state index contributed by atoms with van der Waals surface area (Å²) >= 11 is 0. The van der Waals surface area contributed by atoms with E-state index in [1.165, 1.54) is 6.20 Å². The summed E-state index contributed by atoms with van der Waals surface area (Å²) < 4.78 is 5.32. The number of nitrogens with two attached hydrogens (primary N) is 1. The first-order chi connectivity index (χ1) is 14.7. The molecule has 1 heterocycles. The summed E-state index contributed by atoms with van der Waals surface area (Å²) in [6, 6.07) is 9.35. The third-order valence-electron chi connectivity index (χ3n) is 4.68. The molecular weight excluding hydrogens is 396 g/mol. The van der Waals surface area contributed by atoms with Crippen molar-refractivity contribution in [2.24, 2.45) is 5.73 Å². The Labute approximate surface area is 181 Å². The molecule has 8 heteroatoms. The highest BCUT2D eigenvalue weighted by Crippen LogP contribution is 2.36. The molecule has 3 N–H and O–H groups in total. The summed E-state index contributed by atoms with van der Waals surface area (Å²) in [7, 11) is 0. The Hall–Kier alpha value is -3.42. The van der Waals surface area contributed by atoms with Crippen LogP contribution in [0.25, 0.3) is 0 Å². The number of carbonyl (C=O) groups is 3. The molecule has 0 unspecified atom stereocenters. The van der Waals surface area contributed by atoms with E-state index >= 15 is 0 Å². The number of rotatable bonds is 8. The Morgan fingerprint density at radius 3 is 2.39 bits per heavy atom. The van der Waals surface area contributed by atoms with E-state index in [2.05, 4.69) is 10.3 Å². The second-order valence-corrected chi connectivity index (χ2v) is 8.65. The number of pyridine rings is 1. The Morgan fingerprint density at radius 2 is 1.87 bits per heavy atom. The third kappa shape index (κ3) is 6.04. The van der Waals surface area contributed by atoms with E-state index in [1.54, 1.807) is 47.5 Å². The number of primary amides is 1. The van der Waals surface area contributed by atoms with E-state index < -0.39 is 17.5 Å². The second-order valence-electron chi connectivity index (χ2n) is 8.65. The first-order valence-corrected chi connectivity index (χ1v) is 10.2. The SMILES string of the molecule is CC(C)(C)NC(=O)[C@H](c1ccc(OCC(N)=O)cc1)N(C(=O)c1cccnc1)C1CC1. The molecule has 164 valence electrons. The number of amides is 3. The van der Waals surface area contributed by atoms with Gasteiger partial charge in [0.05, 0.1) is 5.56 Å². The lowest BCUT2D eigenvalue weighted by Crippen LogP contribution is -2.50. The van der Waals surface area contributed by atoms with Crippen LogP contribution in [-0.4, -0.2) is 45.8 Å². The van der Waals surface area contributed by atoms with Crippen molar-refractivity contribution in [1.29, 1.82) is 0 Å². The molecular formula is C23H28N4O4. The van der Waals surface area contributed by atoms with Crippen LogP contribution in [0.4, 0.5) is 0 Å². The van der Waals surface area contributed by atoms with Gasteiger partial charge in [-0.1, -0.05) is 12.1 Å². The highest BCUT2D eigenvalue weighted by Gasteiger charge is 2.42. The summed E-state index contributed by atoms with van der Waals surface area (Å²) in [6.07, 6.45) is 4.79. The molecule has 1 saturated carbocycles. The Bertz CT molecular complexity index is 934. The fourth-order valence-corrected chi connectivity index (χ4v) is 3.26. The fourth-order valence-electron chi connectivity index (χ4n) is 3.26. The van der Waals surface area contributed by atoms with Crippen molar-refractivity contribution < 1.29 is 19.1 Å². The number of nitrogens with zero attached hydrogens (tertiary/aromatic N) is 2. The van der Waals surface area contributed by atoms with Crippen molar-refractivity contribution in [3.8, 4) is 5.75 Å². The van der Waals surface area contributed by atoms with Crippen molar-refractivity contribution in [3.05, 3.63) is 59.9 Å². The molecule has 31 heavy (non-hydrogen) atoms. The number of ether oxygens (including phenoxy) is 1. The lowest BCUT2D eigenvalue weighted by atomic mass is 10.0. The van der Waals surface area contributed by atoms with Crippen LogP contribution >= 0.6 is 0 Å². The van der Waals surface area contributed by atoms with Gasteiger partial charge in [0.25, 0.3) is 11.8 Å². The Kier molecular flexibility index (Phi) is 6.58. The zero-order valence-electron chi connectivity index (χ0n) is 18.0. The van der Waals surface area contributed by atoms with Crippen molar-refractivity contribution in [2.45, 2.75) is 51.2 Å². The monoisotopic (exact) mass is 424 g/mol. The molecule has 2 aromatic rings. The van der Waals surface area contributed by atoms with Gasteiger partial charge >= 0.3 is 0 Å². The molecule has 1 aliphatic rings. The lowest BCUT2D eigenvalue weighted by molar-refractivity contribution is -0.127. The average Bonchev–Trinajstić information content (AvgIpc) is 3.54. The van der Waals surface area contributed by atoms with Crippen molar-refractivity contribution in [3.63, 3.8) is 0 Å². The molecule has 1 atom stereocenters. The van der Waals surface area contributed by atoms with E-state index in [0.29, 0.717) is 16.9 Å². The summed E-state index contributed by atoms with van der Waals surface area (Å²) in [5.41, 5.74) is 5.74. The molecule has 8 nitrogen and oxygen atoms in total. The van der Waals surface area contributed by atoms with Crippen LogP contribution in [0.15, 0.2) is 48.8 Å².